The van der Waals surface area contributed by atoms with Gasteiger partial charge in [-0.25, -0.2) is 14.8 Å². The van der Waals surface area contributed by atoms with Crippen molar-refractivity contribution in [3.8, 4) is 5.75 Å². The molecule has 0 atom stereocenters. The highest BCUT2D eigenvalue weighted by Gasteiger charge is 2.17. The first kappa shape index (κ1) is 17.8. The zero-order valence-electron chi connectivity index (χ0n) is 12.9. The van der Waals surface area contributed by atoms with Crippen LogP contribution in [0.3, 0.4) is 0 Å². The molecule has 1 fully saturated rings. The number of halogens is 3. The van der Waals surface area contributed by atoms with Crippen molar-refractivity contribution in [2.24, 2.45) is 5.10 Å². The first-order chi connectivity index (χ1) is 12.0. The van der Waals surface area contributed by atoms with Crippen LogP contribution < -0.4 is 10.3 Å². The van der Waals surface area contributed by atoms with Crippen LogP contribution in [0.4, 0.5) is 16.2 Å². The van der Waals surface area contributed by atoms with Gasteiger partial charge in [-0.2, -0.15) is 10.1 Å². The lowest BCUT2D eigenvalue weighted by Gasteiger charge is -2.27. The van der Waals surface area contributed by atoms with Crippen LogP contribution in [0, 0.1) is 5.82 Å². The highest BCUT2D eigenvalue weighted by Crippen LogP contribution is 2.30. The van der Waals surface area contributed by atoms with Crippen molar-refractivity contribution in [1.29, 1.82) is 0 Å². The Morgan fingerprint density at radius 3 is 2.92 bits per heavy atom. The zero-order chi connectivity index (χ0) is 17.8. The summed E-state index contributed by atoms with van der Waals surface area (Å²) in [6, 6.07) is 3.22. The second-order valence-electron chi connectivity index (χ2n) is 5.16. The molecule has 0 saturated carbocycles. The first-order valence-corrected chi connectivity index (χ1v) is 8.54. The standard InChI is InChI=1S/C15H14BrClFN5O2/c16-10-5-9(13(24)11(17)6-10)7-20-22-15-19-8-12(18)14(21-15)23-1-3-25-4-2-23/h5-8,24H,1-4H2,(H,19,21,22)/b20-7+. The molecule has 1 saturated heterocycles. The van der Waals surface area contributed by atoms with Gasteiger partial charge in [-0.3, -0.25) is 0 Å². The molecule has 2 N–H and O–H groups in total. The first-order valence-electron chi connectivity index (χ1n) is 7.37. The molecule has 0 spiro atoms. The molecule has 0 radical (unpaired) electrons. The lowest BCUT2D eigenvalue weighted by Crippen LogP contribution is -2.37. The van der Waals surface area contributed by atoms with Crippen molar-refractivity contribution in [3.05, 3.63) is 39.2 Å². The van der Waals surface area contributed by atoms with E-state index in [0.29, 0.717) is 36.3 Å². The number of hydrogen-bond acceptors (Lipinski definition) is 7. The fraction of sp³-hybridized carbons (Fsp3) is 0.267. The predicted molar refractivity (Wildman–Crippen MR) is 97.1 cm³/mol. The predicted octanol–water partition coefficient (Wildman–Crippen LogP) is 3.02. The van der Waals surface area contributed by atoms with Gasteiger partial charge in [0.2, 0.25) is 5.95 Å². The Kier molecular flexibility index (Phi) is 5.67. The van der Waals surface area contributed by atoms with Crippen LogP contribution in [0.15, 0.2) is 27.9 Å². The van der Waals surface area contributed by atoms with Gasteiger partial charge in [0.05, 0.1) is 30.6 Å². The van der Waals surface area contributed by atoms with E-state index < -0.39 is 5.82 Å². The van der Waals surface area contributed by atoms with E-state index in [2.05, 4.69) is 36.4 Å². The van der Waals surface area contributed by atoms with Crippen molar-refractivity contribution in [1.82, 2.24) is 9.97 Å². The molecule has 0 amide bonds. The number of hydrazone groups is 1. The van der Waals surface area contributed by atoms with Crippen molar-refractivity contribution in [2.45, 2.75) is 0 Å². The number of nitrogens with one attached hydrogen (secondary N) is 1. The Balaban J connectivity index is 1.75. The quantitative estimate of drug-likeness (QED) is 0.573. The van der Waals surface area contributed by atoms with Crippen LogP contribution in [-0.2, 0) is 4.74 Å². The minimum absolute atomic E-state index is 0.0931. The van der Waals surface area contributed by atoms with Crippen LogP contribution >= 0.6 is 27.5 Å². The highest BCUT2D eigenvalue weighted by molar-refractivity contribution is 9.10. The molecular formula is C15H14BrClFN5O2. The van der Waals surface area contributed by atoms with Crippen molar-refractivity contribution < 1.29 is 14.2 Å². The van der Waals surface area contributed by atoms with E-state index in [1.165, 1.54) is 6.21 Å². The molecule has 1 aliphatic heterocycles. The number of hydrogen-bond donors (Lipinski definition) is 2. The van der Waals surface area contributed by atoms with E-state index >= 15 is 0 Å². The van der Waals surface area contributed by atoms with E-state index in [0.717, 1.165) is 6.20 Å². The summed E-state index contributed by atoms with van der Waals surface area (Å²) < 4.78 is 19.9. The lowest BCUT2D eigenvalue weighted by molar-refractivity contribution is 0.122. The maximum atomic E-state index is 14.0. The van der Waals surface area contributed by atoms with Gasteiger partial charge in [-0.15, -0.1) is 0 Å². The molecule has 0 aliphatic carbocycles. The molecule has 1 aromatic heterocycles. The number of aromatic nitrogens is 2. The number of nitrogens with zero attached hydrogens (tertiary/aromatic N) is 4. The summed E-state index contributed by atoms with van der Waals surface area (Å²) in [6.07, 6.45) is 2.45. The van der Waals surface area contributed by atoms with Crippen molar-refractivity contribution in [2.75, 3.05) is 36.6 Å². The number of ether oxygens (including phenoxy) is 1. The number of phenolic OH excluding ortho intramolecular Hbond substituents is 1. The Labute approximate surface area is 156 Å². The molecule has 1 aliphatic rings. The molecule has 132 valence electrons. The van der Waals surface area contributed by atoms with E-state index in [1.54, 1.807) is 17.0 Å². The van der Waals surface area contributed by atoms with Crippen molar-refractivity contribution >= 4 is 45.5 Å². The van der Waals surface area contributed by atoms with Gasteiger partial charge in [-0.1, -0.05) is 27.5 Å². The number of phenols is 1. The van der Waals surface area contributed by atoms with Crippen molar-refractivity contribution in [3.63, 3.8) is 0 Å². The third kappa shape index (κ3) is 4.36. The van der Waals surface area contributed by atoms with Gasteiger partial charge in [0.1, 0.15) is 5.75 Å². The fourth-order valence-electron chi connectivity index (χ4n) is 2.25. The van der Waals surface area contributed by atoms with E-state index in [9.17, 15) is 9.50 Å². The van der Waals surface area contributed by atoms with Crippen LogP contribution in [0.1, 0.15) is 5.56 Å². The zero-order valence-corrected chi connectivity index (χ0v) is 15.3. The fourth-order valence-corrected chi connectivity index (χ4v) is 3.09. The SMILES string of the molecule is Oc1c(Cl)cc(Br)cc1/C=N/Nc1ncc(F)c(N2CCOCC2)n1. The lowest BCUT2D eigenvalue weighted by atomic mass is 10.2. The molecule has 2 aromatic rings. The topological polar surface area (TPSA) is 82.9 Å². The summed E-state index contributed by atoms with van der Waals surface area (Å²) in [4.78, 5) is 9.79. The molecule has 1 aromatic carbocycles. The Morgan fingerprint density at radius 2 is 2.16 bits per heavy atom. The highest BCUT2D eigenvalue weighted by atomic mass is 79.9. The molecule has 2 heterocycles. The second kappa shape index (κ2) is 7.94. The van der Waals surface area contributed by atoms with Crippen LogP contribution in [0.5, 0.6) is 5.75 Å². The van der Waals surface area contributed by atoms with E-state index in [-0.39, 0.29) is 22.5 Å². The van der Waals surface area contributed by atoms with Gasteiger partial charge >= 0.3 is 0 Å². The van der Waals surface area contributed by atoms with Gasteiger partial charge < -0.3 is 14.7 Å². The Bertz CT molecular complexity index is 802. The van der Waals surface area contributed by atoms with Gasteiger partial charge in [-0.05, 0) is 12.1 Å². The molecule has 0 unspecified atom stereocenters. The smallest absolute Gasteiger partial charge is 0.245 e. The average molecular weight is 431 g/mol. The minimum Gasteiger partial charge on any atom is -0.506 e. The van der Waals surface area contributed by atoms with E-state index in [4.69, 9.17) is 16.3 Å². The summed E-state index contributed by atoms with van der Waals surface area (Å²) in [6.45, 7) is 2.16. The Morgan fingerprint density at radius 1 is 1.40 bits per heavy atom. The maximum absolute atomic E-state index is 14.0. The maximum Gasteiger partial charge on any atom is 0.245 e. The average Bonchev–Trinajstić information content (AvgIpc) is 2.61. The number of aromatic hydroxyl groups is 1. The van der Waals surface area contributed by atoms with Crippen LogP contribution in [-0.4, -0.2) is 47.6 Å². The number of morpholine rings is 1. The van der Waals surface area contributed by atoms with Gasteiger partial charge in [0.25, 0.3) is 0 Å². The summed E-state index contributed by atoms with van der Waals surface area (Å²) in [5.74, 6) is -0.263. The van der Waals surface area contributed by atoms with Crippen LogP contribution in [0.25, 0.3) is 0 Å². The van der Waals surface area contributed by atoms with E-state index in [1.807, 2.05) is 0 Å². The number of benzene rings is 1. The number of anilines is 2. The molecule has 0 bridgehead atoms. The molecule has 3 rings (SSSR count). The summed E-state index contributed by atoms with van der Waals surface area (Å²) in [5, 5.41) is 14.1. The summed E-state index contributed by atoms with van der Waals surface area (Å²) in [7, 11) is 0. The minimum atomic E-state index is -0.507. The molecule has 7 nitrogen and oxygen atoms in total. The molecular weight excluding hydrogens is 417 g/mol. The van der Waals surface area contributed by atoms with Crippen LogP contribution in [0.2, 0.25) is 5.02 Å². The normalized spacial score (nSPS) is 14.9. The van der Waals surface area contributed by atoms with Gasteiger partial charge in [0, 0.05) is 23.1 Å². The third-order valence-electron chi connectivity index (χ3n) is 3.46. The Hall–Kier alpha value is -1.97. The molecule has 10 heteroatoms. The number of rotatable bonds is 4. The van der Waals surface area contributed by atoms with Gasteiger partial charge in [0.15, 0.2) is 11.6 Å². The second-order valence-corrected chi connectivity index (χ2v) is 6.48. The summed E-state index contributed by atoms with van der Waals surface area (Å²) in [5.41, 5.74) is 3.02. The third-order valence-corrected chi connectivity index (χ3v) is 4.21. The molecule has 25 heavy (non-hydrogen) atoms. The largest absolute Gasteiger partial charge is 0.506 e. The summed E-state index contributed by atoms with van der Waals surface area (Å²) >= 11 is 9.18. The monoisotopic (exact) mass is 429 g/mol.